The fourth-order valence-electron chi connectivity index (χ4n) is 2.09. The van der Waals surface area contributed by atoms with Gasteiger partial charge in [0.05, 0.1) is 12.1 Å². The van der Waals surface area contributed by atoms with Gasteiger partial charge in [0.25, 0.3) is 5.91 Å². The highest BCUT2D eigenvalue weighted by Crippen LogP contribution is 2.29. The van der Waals surface area contributed by atoms with Crippen molar-refractivity contribution < 1.29 is 22.4 Å². The molecule has 0 atom stereocenters. The lowest BCUT2D eigenvalue weighted by Gasteiger charge is -2.08. The summed E-state index contributed by atoms with van der Waals surface area (Å²) in [5, 5.41) is 10.0. The third kappa shape index (κ3) is 3.19. The molecule has 3 aromatic rings. The molecule has 0 aliphatic carbocycles. The van der Waals surface area contributed by atoms with Gasteiger partial charge in [-0.25, -0.2) is 4.39 Å². The number of pyridine rings is 1. The highest BCUT2D eigenvalue weighted by Gasteiger charge is 2.31. The molecule has 2 heterocycles. The zero-order valence-electron chi connectivity index (χ0n) is 12.0. The van der Waals surface area contributed by atoms with E-state index in [1.807, 2.05) is 0 Å². The number of carbonyl (C=O) groups excluding carboxylic acids is 1. The Morgan fingerprint density at radius 1 is 1.08 bits per heavy atom. The van der Waals surface area contributed by atoms with Crippen LogP contribution in [0.4, 0.5) is 17.6 Å². The monoisotopic (exact) mass is 338 g/mol. The number of carbonyl (C=O) groups is 1. The summed E-state index contributed by atoms with van der Waals surface area (Å²) in [6.45, 7) is -0.126. The molecule has 9 heteroatoms. The molecule has 0 aliphatic heterocycles. The van der Waals surface area contributed by atoms with Crippen molar-refractivity contribution in [1.29, 1.82) is 0 Å². The normalized spacial score (nSPS) is 11.7. The maximum Gasteiger partial charge on any atom is 0.417 e. The van der Waals surface area contributed by atoms with E-state index in [0.717, 1.165) is 28.8 Å². The molecule has 0 spiro atoms. The number of hydrogen-bond acceptors (Lipinski definition) is 3. The number of nitrogens with one attached hydrogen (secondary N) is 1. The minimum Gasteiger partial charge on any atom is -0.345 e. The molecule has 0 radical (unpaired) electrons. The van der Waals surface area contributed by atoms with Crippen LogP contribution in [0.25, 0.3) is 5.65 Å². The second-order valence-corrected chi connectivity index (χ2v) is 4.95. The van der Waals surface area contributed by atoms with E-state index in [9.17, 15) is 22.4 Å². The highest BCUT2D eigenvalue weighted by atomic mass is 19.4. The van der Waals surface area contributed by atoms with Crippen LogP contribution in [0.15, 0.2) is 42.6 Å². The maximum atomic E-state index is 12.8. The highest BCUT2D eigenvalue weighted by molar-refractivity contribution is 5.94. The molecule has 0 bridgehead atoms. The first-order valence-corrected chi connectivity index (χ1v) is 6.79. The summed E-state index contributed by atoms with van der Waals surface area (Å²) >= 11 is 0. The number of aromatic nitrogens is 3. The average molecular weight is 338 g/mol. The zero-order valence-corrected chi connectivity index (χ0v) is 12.0. The van der Waals surface area contributed by atoms with Crippen molar-refractivity contribution in [2.75, 3.05) is 0 Å². The van der Waals surface area contributed by atoms with E-state index >= 15 is 0 Å². The summed E-state index contributed by atoms with van der Waals surface area (Å²) in [6.07, 6.45) is -3.62. The summed E-state index contributed by atoms with van der Waals surface area (Å²) in [6, 6.07) is 6.97. The molecule has 3 rings (SSSR count). The van der Waals surface area contributed by atoms with Crippen molar-refractivity contribution >= 4 is 11.6 Å². The van der Waals surface area contributed by atoms with Crippen molar-refractivity contribution in [3.8, 4) is 0 Å². The van der Waals surface area contributed by atoms with Gasteiger partial charge < -0.3 is 5.32 Å². The first-order valence-electron chi connectivity index (χ1n) is 6.79. The van der Waals surface area contributed by atoms with E-state index in [2.05, 4.69) is 15.5 Å². The summed E-state index contributed by atoms with van der Waals surface area (Å²) in [5.41, 5.74) is -0.392. The lowest BCUT2D eigenvalue weighted by Crippen LogP contribution is -2.24. The first kappa shape index (κ1) is 15.9. The van der Waals surface area contributed by atoms with Crippen molar-refractivity contribution in [2.24, 2.45) is 0 Å². The molecule has 0 unspecified atom stereocenters. The molecule has 5 nitrogen and oxygen atoms in total. The maximum absolute atomic E-state index is 12.8. The molecular weight excluding hydrogens is 328 g/mol. The Hall–Kier alpha value is -2.97. The van der Waals surface area contributed by atoms with Gasteiger partial charge in [-0.1, -0.05) is 0 Å². The van der Waals surface area contributed by atoms with Gasteiger partial charge in [-0.3, -0.25) is 9.20 Å². The Bertz CT molecular complexity index is 887. The molecule has 1 N–H and O–H groups in total. The first-order chi connectivity index (χ1) is 11.3. The van der Waals surface area contributed by atoms with E-state index in [1.54, 1.807) is 0 Å². The van der Waals surface area contributed by atoms with Crippen LogP contribution >= 0.6 is 0 Å². The van der Waals surface area contributed by atoms with Gasteiger partial charge in [0.1, 0.15) is 5.82 Å². The third-order valence-electron chi connectivity index (χ3n) is 3.31. The summed E-state index contributed by atoms with van der Waals surface area (Å²) in [4.78, 5) is 11.9. The Labute approximate surface area is 132 Å². The van der Waals surface area contributed by atoms with Crippen LogP contribution in [0, 0.1) is 5.82 Å². The Kier molecular flexibility index (Phi) is 3.92. The summed E-state index contributed by atoms with van der Waals surface area (Å²) < 4.78 is 52.3. The van der Waals surface area contributed by atoms with Gasteiger partial charge in [0.2, 0.25) is 0 Å². The van der Waals surface area contributed by atoms with Crippen LogP contribution in [-0.2, 0) is 12.7 Å². The van der Waals surface area contributed by atoms with Gasteiger partial charge in [-0.05, 0) is 36.4 Å². The van der Waals surface area contributed by atoms with E-state index in [-0.39, 0.29) is 23.6 Å². The Morgan fingerprint density at radius 3 is 2.46 bits per heavy atom. The van der Waals surface area contributed by atoms with Crippen LogP contribution in [-0.4, -0.2) is 20.5 Å². The summed E-state index contributed by atoms with van der Waals surface area (Å²) in [7, 11) is 0. The standard InChI is InChI=1S/C15H10F4N4O/c16-11-4-1-9(2-5-11)14(24)20-7-13-22-21-12-6-3-10(8-23(12)13)15(17,18)19/h1-6,8H,7H2,(H,20,24). The van der Waals surface area contributed by atoms with Crippen molar-refractivity contribution in [1.82, 2.24) is 19.9 Å². The van der Waals surface area contributed by atoms with Crippen molar-refractivity contribution in [3.05, 3.63) is 65.4 Å². The lowest BCUT2D eigenvalue weighted by atomic mass is 10.2. The molecule has 1 aromatic carbocycles. The Morgan fingerprint density at radius 2 is 1.79 bits per heavy atom. The quantitative estimate of drug-likeness (QED) is 0.747. The molecule has 0 fully saturated rings. The van der Waals surface area contributed by atoms with E-state index in [4.69, 9.17) is 0 Å². The van der Waals surface area contributed by atoms with Gasteiger partial charge in [0.15, 0.2) is 11.5 Å². The van der Waals surface area contributed by atoms with Crippen molar-refractivity contribution in [2.45, 2.75) is 12.7 Å². The smallest absolute Gasteiger partial charge is 0.345 e. The minimum atomic E-state index is -4.49. The molecule has 0 saturated carbocycles. The van der Waals surface area contributed by atoms with E-state index < -0.39 is 23.5 Å². The number of fused-ring (bicyclic) bond motifs is 1. The topological polar surface area (TPSA) is 59.3 Å². The lowest BCUT2D eigenvalue weighted by molar-refractivity contribution is -0.137. The zero-order chi connectivity index (χ0) is 17.3. The second kappa shape index (κ2) is 5.91. The van der Waals surface area contributed by atoms with Gasteiger partial charge >= 0.3 is 6.18 Å². The predicted molar refractivity (Wildman–Crippen MR) is 75.6 cm³/mol. The van der Waals surface area contributed by atoms with Gasteiger partial charge in [-0.2, -0.15) is 13.2 Å². The summed E-state index contributed by atoms with van der Waals surface area (Å²) in [5.74, 6) is -0.833. The SMILES string of the molecule is O=C(NCc1nnc2ccc(C(F)(F)F)cn12)c1ccc(F)cc1. The minimum absolute atomic E-state index is 0.126. The molecule has 24 heavy (non-hydrogen) atoms. The van der Waals surface area contributed by atoms with Crippen LogP contribution in [0.5, 0.6) is 0 Å². The number of rotatable bonds is 3. The third-order valence-corrected chi connectivity index (χ3v) is 3.31. The molecule has 2 aromatic heterocycles. The fourth-order valence-corrected chi connectivity index (χ4v) is 2.09. The van der Waals surface area contributed by atoms with Crippen LogP contribution < -0.4 is 5.32 Å². The Balaban J connectivity index is 1.80. The average Bonchev–Trinajstić information content (AvgIpc) is 2.95. The van der Waals surface area contributed by atoms with E-state index in [0.29, 0.717) is 0 Å². The van der Waals surface area contributed by atoms with Crippen molar-refractivity contribution in [3.63, 3.8) is 0 Å². The molecule has 1 amide bonds. The van der Waals surface area contributed by atoms with Gasteiger partial charge in [-0.15, -0.1) is 10.2 Å². The molecule has 0 aliphatic rings. The number of benzene rings is 1. The van der Waals surface area contributed by atoms with Gasteiger partial charge in [0, 0.05) is 11.8 Å². The van der Waals surface area contributed by atoms with Crippen LogP contribution in [0.1, 0.15) is 21.7 Å². The fraction of sp³-hybridized carbons (Fsp3) is 0.133. The molecule has 0 saturated heterocycles. The van der Waals surface area contributed by atoms with E-state index in [1.165, 1.54) is 18.2 Å². The number of alkyl halides is 3. The van der Waals surface area contributed by atoms with Crippen LogP contribution in [0.3, 0.4) is 0 Å². The number of amides is 1. The molecular formula is C15H10F4N4O. The number of hydrogen-bond donors (Lipinski definition) is 1. The number of nitrogens with zero attached hydrogens (tertiary/aromatic N) is 3. The predicted octanol–water partition coefficient (Wildman–Crippen LogP) is 2.82. The number of halogens is 4. The second-order valence-electron chi connectivity index (χ2n) is 4.95. The van der Waals surface area contributed by atoms with Crippen LogP contribution in [0.2, 0.25) is 0 Å². The molecule has 124 valence electrons. The largest absolute Gasteiger partial charge is 0.417 e.